The van der Waals surface area contributed by atoms with Gasteiger partial charge in [0.15, 0.2) is 17.3 Å². The number of aromatic nitrogens is 4. The van der Waals surface area contributed by atoms with E-state index in [-0.39, 0.29) is 53.2 Å². The van der Waals surface area contributed by atoms with Gasteiger partial charge in [-0.3, -0.25) is 14.2 Å². The van der Waals surface area contributed by atoms with Crippen LogP contribution in [0.4, 0.5) is 10.2 Å². The van der Waals surface area contributed by atoms with E-state index in [1.54, 1.807) is 4.90 Å². The maximum atomic E-state index is 14.8. The minimum atomic E-state index is -1.44. The predicted molar refractivity (Wildman–Crippen MR) is 107 cm³/mol. The Balaban J connectivity index is 1.77. The number of carbonyl (C=O) groups excluding carboxylic acids is 1. The van der Waals surface area contributed by atoms with Crippen molar-refractivity contribution in [2.75, 3.05) is 18.0 Å². The molecule has 4 heterocycles. The number of carbonyl (C=O) groups is 2. The second-order valence-corrected chi connectivity index (χ2v) is 7.47. The van der Waals surface area contributed by atoms with Gasteiger partial charge in [0, 0.05) is 43.7 Å². The van der Waals surface area contributed by atoms with Gasteiger partial charge in [0.1, 0.15) is 17.7 Å². The van der Waals surface area contributed by atoms with E-state index >= 15 is 0 Å². The van der Waals surface area contributed by atoms with Gasteiger partial charge in [0.2, 0.25) is 10.6 Å². The molecule has 3 aromatic rings. The second kappa shape index (κ2) is 7.64. The Bertz CT molecular complexity index is 1260. The fourth-order valence-corrected chi connectivity index (χ4v) is 3.77. The highest BCUT2D eigenvalue weighted by atomic mass is 32.1. The number of hydrogen-bond donors (Lipinski definition) is 1. The lowest BCUT2D eigenvalue weighted by Gasteiger charge is -2.39. The van der Waals surface area contributed by atoms with Crippen LogP contribution in [0.15, 0.2) is 23.4 Å². The summed E-state index contributed by atoms with van der Waals surface area (Å²) >= 11 is 0.966. The molecule has 0 unspecified atom stereocenters. The van der Waals surface area contributed by atoms with Crippen molar-refractivity contribution < 1.29 is 19.1 Å². The molecule has 1 aliphatic heterocycles. The minimum Gasteiger partial charge on any atom is -0.477 e. The van der Waals surface area contributed by atoms with Gasteiger partial charge in [-0.15, -0.1) is 12.3 Å². The van der Waals surface area contributed by atoms with Crippen molar-refractivity contribution in [3.63, 3.8) is 0 Å². The normalized spacial score (nSPS) is 13.8. The molecule has 152 valence electrons. The van der Waals surface area contributed by atoms with E-state index in [0.717, 1.165) is 23.8 Å². The summed E-state index contributed by atoms with van der Waals surface area (Å²) in [4.78, 5) is 46.0. The summed E-state index contributed by atoms with van der Waals surface area (Å²) in [6.07, 6.45) is 8.19. The molecule has 1 saturated heterocycles. The lowest BCUT2D eigenvalue weighted by molar-refractivity contribution is -0.123. The summed E-state index contributed by atoms with van der Waals surface area (Å²) in [5.74, 6) is -0.0635. The van der Waals surface area contributed by atoms with E-state index in [0.29, 0.717) is 6.42 Å². The lowest BCUT2D eigenvalue weighted by atomic mass is 9.92. The molecule has 0 aliphatic carbocycles. The predicted octanol–water partition coefficient (Wildman–Crippen LogP) is 1.49. The zero-order valence-electron chi connectivity index (χ0n) is 15.4. The van der Waals surface area contributed by atoms with Crippen molar-refractivity contribution in [3.05, 3.63) is 40.2 Å². The Morgan fingerprint density at radius 1 is 1.40 bits per heavy atom. The Kier molecular flexibility index (Phi) is 5.01. The number of rotatable bonds is 6. The Morgan fingerprint density at radius 3 is 2.80 bits per heavy atom. The highest BCUT2D eigenvalue weighted by molar-refractivity contribution is 7.08. The third-order valence-corrected chi connectivity index (χ3v) is 5.52. The zero-order chi connectivity index (χ0) is 21.4. The van der Waals surface area contributed by atoms with Crippen molar-refractivity contribution in [1.82, 2.24) is 18.9 Å². The van der Waals surface area contributed by atoms with Gasteiger partial charge >= 0.3 is 5.97 Å². The van der Waals surface area contributed by atoms with E-state index in [9.17, 15) is 23.9 Å². The smallest absolute Gasteiger partial charge is 0.341 e. The molecular weight excluding hydrogens is 413 g/mol. The molecule has 3 aromatic heterocycles. The zero-order valence-corrected chi connectivity index (χ0v) is 16.2. The molecule has 1 aliphatic rings. The largest absolute Gasteiger partial charge is 0.477 e. The van der Waals surface area contributed by atoms with Crippen LogP contribution in [0.25, 0.3) is 16.2 Å². The number of pyridine rings is 2. The van der Waals surface area contributed by atoms with Crippen molar-refractivity contribution in [3.8, 4) is 17.5 Å². The van der Waals surface area contributed by atoms with Crippen LogP contribution < -0.4 is 10.3 Å². The molecule has 0 spiro atoms. The highest BCUT2D eigenvalue weighted by Crippen LogP contribution is 2.29. The highest BCUT2D eigenvalue weighted by Gasteiger charge is 2.34. The fraction of sp³-hybridized carbons (Fsp3) is 0.263. The van der Waals surface area contributed by atoms with E-state index in [1.807, 2.05) is 0 Å². The topological polar surface area (TPSA) is 118 Å². The van der Waals surface area contributed by atoms with Crippen LogP contribution in [-0.2, 0) is 4.79 Å². The van der Waals surface area contributed by atoms with Gasteiger partial charge in [-0.05, 0) is 6.07 Å². The Morgan fingerprint density at radius 2 is 2.17 bits per heavy atom. The minimum absolute atomic E-state index is 0.0160. The maximum Gasteiger partial charge on any atom is 0.341 e. The van der Waals surface area contributed by atoms with E-state index < -0.39 is 22.8 Å². The van der Waals surface area contributed by atoms with Crippen LogP contribution in [-0.4, -0.2) is 48.9 Å². The van der Waals surface area contributed by atoms with Crippen molar-refractivity contribution in [2.45, 2.75) is 12.8 Å². The lowest BCUT2D eigenvalue weighted by Crippen LogP contribution is -2.51. The average molecular weight is 427 g/mol. The molecule has 0 amide bonds. The molecule has 0 aromatic carbocycles. The first-order chi connectivity index (χ1) is 14.4. The number of anilines is 1. The van der Waals surface area contributed by atoms with Crippen molar-refractivity contribution in [2.24, 2.45) is 5.92 Å². The first-order valence-electron chi connectivity index (χ1n) is 8.88. The third-order valence-electron chi connectivity index (χ3n) is 4.85. The number of fused-ring (bicyclic) bond motifs is 1. The van der Waals surface area contributed by atoms with E-state index in [1.165, 1.54) is 10.9 Å². The van der Waals surface area contributed by atoms with Gasteiger partial charge < -0.3 is 10.0 Å². The number of ketones is 1. The molecule has 9 nitrogen and oxygen atoms in total. The number of hydrogen-bond acceptors (Lipinski definition) is 8. The standard InChI is InChI=1S/C19H14FN5O4S/c1-2-3-4-14(26)10-6-24(7-10)17-13(20)5-11-15(27)12(18(28)29)8-25(16(11)23-17)19-21-9-22-30-19/h1,5,8-10H,3-4,6-7H2,(H,28,29). The summed E-state index contributed by atoms with van der Waals surface area (Å²) in [5.41, 5.74) is -1.32. The second-order valence-electron chi connectivity index (χ2n) is 6.71. The van der Waals surface area contributed by atoms with Gasteiger partial charge in [0.25, 0.3) is 0 Å². The number of halogens is 1. The van der Waals surface area contributed by atoms with E-state index in [4.69, 9.17) is 6.42 Å². The summed E-state index contributed by atoms with van der Waals surface area (Å²) < 4.78 is 20.0. The summed E-state index contributed by atoms with van der Waals surface area (Å²) in [5, 5.41) is 9.43. The molecule has 1 N–H and O–H groups in total. The van der Waals surface area contributed by atoms with Crippen LogP contribution in [0.2, 0.25) is 0 Å². The molecule has 4 rings (SSSR count). The van der Waals surface area contributed by atoms with Crippen molar-refractivity contribution >= 4 is 40.1 Å². The number of aromatic carboxylic acids is 1. The molecule has 0 atom stereocenters. The van der Waals surface area contributed by atoms with Crippen LogP contribution in [0.3, 0.4) is 0 Å². The fourth-order valence-electron chi connectivity index (χ4n) is 3.26. The third kappa shape index (κ3) is 3.31. The Labute approximate surface area is 173 Å². The number of terminal acetylenes is 1. The number of carboxylic acid groups (broad SMARTS) is 1. The van der Waals surface area contributed by atoms with Gasteiger partial charge in [-0.1, -0.05) is 0 Å². The van der Waals surface area contributed by atoms with E-state index in [2.05, 4.69) is 20.3 Å². The molecule has 11 heteroatoms. The molecule has 1 fully saturated rings. The molecular formula is C19H14FN5O4S. The van der Waals surface area contributed by atoms with Crippen LogP contribution in [0, 0.1) is 24.1 Å². The number of Topliss-reactive ketones (excluding diaryl/α,β-unsaturated/α-hetero) is 1. The van der Waals surface area contributed by atoms with Crippen LogP contribution in [0.1, 0.15) is 23.2 Å². The number of carboxylic acids is 1. The molecule has 0 bridgehead atoms. The first-order valence-corrected chi connectivity index (χ1v) is 9.65. The van der Waals surface area contributed by atoms with Gasteiger partial charge in [-0.25, -0.2) is 19.2 Å². The first kappa shape index (κ1) is 19.7. The summed E-state index contributed by atoms with van der Waals surface area (Å²) in [6.45, 7) is 0.574. The summed E-state index contributed by atoms with van der Waals surface area (Å²) in [6, 6.07) is 0.970. The van der Waals surface area contributed by atoms with Crippen LogP contribution >= 0.6 is 11.5 Å². The number of nitrogens with zero attached hydrogens (tertiary/aromatic N) is 5. The SMILES string of the molecule is C#CCCC(=O)C1CN(c2nc3c(cc2F)c(=O)c(C(=O)O)cn3-c2ncns2)C1. The molecule has 0 saturated carbocycles. The molecule has 0 radical (unpaired) electrons. The van der Waals surface area contributed by atoms with Gasteiger partial charge in [-0.2, -0.15) is 4.37 Å². The average Bonchev–Trinajstić information content (AvgIpc) is 3.20. The van der Waals surface area contributed by atoms with Crippen LogP contribution in [0.5, 0.6) is 0 Å². The Hall–Kier alpha value is -3.65. The van der Waals surface area contributed by atoms with Gasteiger partial charge in [0.05, 0.1) is 11.3 Å². The van der Waals surface area contributed by atoms with Crippen molar-refractivity contribution in [1.29, 1.82) is 0 Å². The quantitative estimate of drug-likeness (QED) is 0.588. The maximum absolute atomic E-state index is 14.8. The monoisotopic (exact) mass is 427 g/mol. The molecule has 30 heavy (non-hydrogen) atoms. The summed E-state index contributed by atoms with van der Waals surface area (Å²) in [7, 11) is 0.